The summed E-state index contributed by atoms with van der Waals surface area (Å²) in [6, 6.07) is 28.8. The molecule has 1 aliphatic heterocycles. The minimum Gasteiger partial charge on any atom is -0.438 e. The second kappa shape index (κ2) is 11.2. The van der Waals surface area contributed by atoms with Crippen LogP contribution >= 0.6 is 0 Å². The van der Waals surface area contributed by atoms with Crippen molar-refractivity contribution >= 4 is 0 Å². The third-order valence-electron chi connectivity index (χ3n) is 6.24. The summed E-state index contributed by atoms with van der Waals surface area (Å²) >= 11 is 0. The van der Waals surface area contributed by atoms with Crippen LogP contribution in [0.15, 0.2) is 102 Å². The SMILES string of the molecule is O[C@H](c1cnc(-c2ccccc2)o1)[C@@H]1OC[C@@](O)(COCc2ccccc2)[C@H]1OCc1ccccc1. The number of hydrogen-bond donors (Lipinski definition) is 2. The molecule has 3 aromatic carbocycles. The average molecular weight is 488 g/mol. The molecule has 2 N–H and O–H groups in total. The van der Waals surface area contributed by atoms with Crippen LogP contribution in [0.5, 0.6) is 0 Å². The highest BCUT2D eigenvalue weighted by molar-refractivity contribution is 5.52. The average Bonchev–Trinajstić information content (AvgIpc) is 3.54. The molecule has 186 valence electrons. The molecule has 0 bridgehead atoms. The summed E-state index contributed by atoms with van der Waals surface area (Å²) in [6.45, 7) is 0.508. The van der Waals surface area contributed by atoms with Crippen LogP contribution in [0.3, 0.4) is 0 Å². The van der Waals surface area contributed by atoms with E-state index in [1.165, 1.54) is 6.20 Å². The molecule has 4 atom stereocenters. The van der Waals surface area contributed by atoms with Crippen LogP contribution < -0.4 is 0 Å². The van der Waals surface area contributed by atoms with Gasteiger partial charge >= 0.3 is 0 Å². The van der Waals surface area contributed by atoms with Crippen molar-refractivity contribution < 1.29 is 28.8 Å². The maximum atomic E-state index is 11.5. The molecule has 0 radical (unpaired) electrons. The lowest BCUT2D eigenvalue weighted by atomic mass is 9.94. The molecule has 4 aromatic rings. The van der Waals surface area contributed by atoms with Gasteiger partial charge in [-0.05, 0) is 23.3 Å². The highest BCUT2D eigenvalue weighted by Crippen LogP contribution is 2.37. The first-order valence-corrected chi connectivity index (χ1v) is 11.9. The van der Waals surface area contributed by atoms with Crippen molar-refractivity contribution in [3.05, 3.63) is 114 Å². The molecular weight excluding hydrogens is 458 g/mol. The minimum absolute atomic E-state index is 0.0176. The standard InChI is InChI=1S/C29H29NO6/c31-25(24-16-30-28(36-24)23-14-8-3-9-15-23)26-27(34-18-22-12-6-2-7-13-22)29(32,20-35-26)19-33-17-21-10-4-1-5-11-21/h1-16,25-27,31-32H,17-20H2/t25-,26+,27+,29+/m1/s1. The Bertz CT molecular complexity index is 1220. The second-order valence-electron chi connectivity index (χ2n) is 8.95. The normalized spacial score (nSPS) is 22.5. The number of aliphatic hydroxyl groups excluding tert-OH is 1. The van der Waals surface area contributed by atoms with Gasteiger partial charge in [0.25, 0.3) is 0 Å². The first kappa shape index (κ1) is 24.4. The summed E-state index contributed by atoms with van der Waals surface area (Å²) < 4.78 is 23.8. The molecule has 0 spiro atoms. The molecule has 7 nitrogen and oxygen atoms in total. The van der Waals surface area contributed by atoms with Crippen LogP contribution in [0.1, 0.15) is 23.0 Å². The van der Waals surface area contributed by atoms with E-state index in [2.05, 4.69) is 4.98 Å². The number of ether oxygens (including phenoxy) is 3. The Morgan fingerprint density at radius 3 is 2.17 bits per heavy atom. The predicted octanol–water partition coefficient (Wildman–Crippen LogP) is 4.31. The van der Waals surface area contributed by atoms with E-state index in [4.69, 9.17) is 18.6 Å². The fourth-order valence-electron chi connectivity index (χ4n) is 4.33. The molecule has 1 fully saturated rings. The molecule has 7 heteroatoms. The van der Waals surface area contributed by atoms with E-state index in [1.807, 2.05) is 91.0 Å². The van der Waals surface area contributed by atoms with Crippen LogP contribution in [0.4, 0.5) is 0 Å². The van der Waals surface area contributed by atoms with Crippen molar-refractivity contribution in [1.29, 1.82) is 0 Å². The van der Waals surface area contributed by atoms with Crippen LogP contribution in [-0.4, -0.2) is 46.2 Å². The van der Waals surface area contributed by atoms with Gasteiger partial charge in [-0.2, -0.15) is 0 Å². The number of oxazole rings is 1. The fraction of sp³-hybridized carbons (Fsp3) is 0.276. The van der Waals surface area contributed by atoms with Crippen LogP contribution in [-0.2, 0) is 27.4 Å². The number of hydrogen-bond acceptors (Lipinski definition) is 7. The van der Waals surface area contributed by atoms with E-state index in [-0.39, 0.29) is 25.6 Å². The number of aromatic nitrogens is 1. The summed E-state index contributed by atoms with van der Waals surface area (Å²) in [4.78, 5) is 4.31. The summed E-state index contributed by atoms with van der Waals surface area (Å²) in [5.74, 6) is 0.632. The molecular formula is C29H29NO6. The maximum absolute atomic E-state index is 11.5. The highest BCUT2D eigenvalue weighted by atomic mass is 16.6. The lowest BCUT2D eigenvalue weighted by Gasteiger charge is -2.31. The van der Waals surface area contributed by atoms with Crippen molar-refractivity contribution in [1.82, 2.24) is 4.98 Å². The van der Waals surface area contributed by atoms with Crippen molar-refractivity contribution in [3.63, 3.8) is 0 Å². The zero-order valence-electron chi connectivity index (χ0n) is 19.8. The molecule has 36 heavy (non-hydrogen) atoms. The lowest BCUT2D eigenvalue weighted by molar-refractivity contribution is -0.142. The first-order chi connectivity index (χ1) is 17.6. The minimum atomic E-state index is -1.46. The van der Waals surface area contributed by atoms with Gasteiger partial charge in [-0.3, -0.25) is 0 Å². The van der Waals surface area contributed by atoms with Crippen LogP contribution in [0.2, 0.25) is 0 Å². The Hall–Kier alpha value is -3.33. The van der Waals surface area contributed by atoms with Crippen LogP contribution in [0, 0.1) is 0 Å². The zero-order chi connectivity index (χ0) is 24.8. The van der Waals surface area contributed by atoms with E-state index < -0.39 is 23.9 Å². The van der Waals surface area contributed by atoms with Gasteiger partial charge in [-0.25, -0.2) is 4.98 Å². The number of nitrogens with zero attached hydrogens (tertiary/aromatic N) is 1. The molecule has 2 heterocycles. The Balaban J connectivity index is 1.32. The molecule has 0 aliphatic carbocycles. The van der Waals surface area contributed by atoms with Gasteiger partial charge in [0, 0.05) is 5.56 Å². The summed E-state index contributed by atoms with van der Waals surface area (Å²) in [5, 5.41) is 22.7. The number of benzene rings is 3. The molecule has 1 aliphatic rings. The van der Waals surface area contributed by atoms with Gasteiger partial charge < -0.3 is 28.8 Å². The smallest absolute Gasteiger partial charge is 0.226 e. The van der Waals surface area contributed by atoms with Gasteiger partial charge in [0.15, 0.2) is 5.76 Å². The Kier molecular flexibility index (Phi) is 7.55. The van der Waals surface area contributed by atoms with Crippen LogP contribution in [0.25, 0.3) is 11.5 Å². The number of aliphatic hydroxyl groups is 2. The molecule has 5 rings (SSSR count). The third-order valence-corrected chi connectivity index (χ3v) is 6.24. The molecule has 1 aromatic heterocycles. The molecule has 0 unspecified atom stereocenters. The van der Waals surface area contributed by atoms with Gasteiger partial charge in [0.1, 0.15) is 23.9 Å². The van der Waals surface area contributed by atoms with Crippen molar-refractivity contribution in [2.24, 2.45) is 0 Å². The second-order valence-corrected chi connectivity index (χ2v) is 8.95. The van der Waals surface area contributed by atoms with E-state index in [9.17, 15) is 10.2 Å². The monoisotopic (exact) mass is 487 g/mol. The van der Waals surface area contributed by atoms with Crippen molar-refractivity contribution in [2.75, 3.05) is 13.2 Å². The van der Waals surface area contributed by atoms with E-state index >= 15 is 0 Å². The molecule has 0 amide bonds. The predicted molar refractivity (Wildman–Crippen MR) is 133 cm³/mol. The first-order valence-electron chi connectivity index (χ1n) is 11.9. The maximum Gasteiger partial charge on any atom is 0.226 e. The van der Waals surface area contributed by atoms with Gasteiger partial charge in [0.05, 0.1) is 32.6 Å². The largest absolute Gasteiger partial charge is 0.438 e. The summed E-state index contributed by atoms with van der Waals surface area (Å²) in [6.07, 6.45) is -1.46. The zero-order valence-corrected chi connectivity index (χ0v) is 19.8. The van der Waals surface area contributed by atoms with E-state index in [0.717, 1.165) is 16.7 Å². The third kappa shape index (κ3) is 5.56. The Morgan fingerprint density at radius 1 is 0.889 bits per heavy atom. The van der Waals surface area contributed by atoms with Crippen molar-refractivity contribution in [3.8, 4) is 11.5 Å². The topological polar surface area (TPSA) is 94.2 Å². The van der Waals surface area contributed by atoms with Gasteiger partial charge in [-0.15, -0.1) is 0 Å². The van der Waals surface area contributed by atoms with E-state index in [0.29, 0.717) is 12.5 Å². The highest BCUT2D eigenvalue weighted by Gasteiger charge is 2.53. The van der Waals surface area contributed by atoms with Gasteiger partial charge in [0.2, 0.25) is 5.89 Å². The Morgan fingerprint density at radius 2 is 1.50 bits per heavy atom. The summed E-state index contributed by atoms with van der Waals surface area (Å²) in [5.41, 5.74) is 1.27. The van der Waals surface area contributed by atoms with Gasteiger partial charge in [-0.1, -0.05) is 78.9 Å². The van der Waals surface area contributed by atoms with E-state index in [1.54, 1.807) is 0 Å². The lowest BCUT2D eigenvalue weighted by Crippen LogP contribution is -2.50. The summed E-state index contributed by atoms with van der Waals surface area (Å²) in [7, 11) is 0. The molecule has 0 saturated carbocycles. The number of rotatable bonds is 10. The molecule has 1 saturated heterocycles. The van der Waals surface area contributed by atoms with Crippen molar-refractivity contribution in [2.45, 2.75) is 37.1 Å². The fourth-order valence-corrected chi connectivity index (χ4v) is 4.33. The quantitative estimate of drug-likeness (QED) is 0.344. The Labute approximate surface area is 209 Å².